The molecule has 6 nitrogen and oxygen atoms in total. The van der Waals surface area contributed by atoms with Crippen molar-refractivity contribution < 1.29 is 19.4 Å². The third-order valence-electron chi connectivity index (χ3n) is 3.79. The zero-order valence-corrected chi connectivity index (χ0v) is 12.2. The summed E-state index contributed by atoms with van der Waals surface area (Å²) in [4.78, 5) is 25.1. The molecule has 0 radical (unpaired) electrons. The van der Waals surface area contributed by atoms with Crippen LogP contribution in [0, 0.1) is 0 Å². The molecule has 0 saturated carbocycles. The van der Waals surface area contributed by atoms with Gasteiger partial charge in [0.2, 0.25) is 0 Å². The van der Waals surface area contributed by atoms with E-state index in [1.807, 2.05) is 19.9 Å². The van der Waals surface area contributed by atoms with Crippen molar-refractivity contribution in [3.63, 3.8) is 0 Å². The molecule has 1 aromatic rings. The van der Waals surface area contributed by atoms with E-state index >= 15 is 0 Å². The summed E-state index contributed by atoms with van der Waals surface area (Å²) in [6, 6.07) is 5.45. The molecule has 1 amide bonds. The van der Waals surface area contributed by atoms with Crippen LogP contribution in [0.5, 0.6) is 5.75 Å². The second kappa shape index (κ2) is 4.91. The van der Waals surface area contributed by atoms with E-state index < -0.39 is 12.2 Å². The Kier molecular flexibility index (Phi) is 3.16. The Hall–Kier alpha value is -2.76. The lowest BCUT2D eigenvalue weighted by Crippen LogP contribution is -2.46. The van der Waals surface area contributed by atoms with E-state index in [0.29, 0.717) is 11.3 Å². The van der Waals surface area contributed by atoms with Crippen LogP contribution in [0.25, 0.3) is 0 Å². The molecule has 3 rings (SSSR count). The highest BCUT2D eigenvalue weighted by atomic mass is 16.5. The number of hydrogen-bond donors (Lipinski definition) is 2. The van der Waals surface area contributed by atoms with Crippen LogP contribution < -0.4 is 10.5 Å². The molecule has 114 valence electrons. The van der Waals surface area contributed by atoms with Crippen molar-refractivity contribution in [2.24, 2.45) is 5.73 Å². The largest absolute Gasteiger partial charge is 0.478 e. The van der Waals surface area contributed by atoms with Gasteiger partial charge in [0.05, 0.1) is 16.8 Å². The number of nitrogens with two attached hydrogens (primary N) is 1. The van der Waals surface area contributed by atoms with E-state index in [4.69, 9.17) is 15.6 Å². The molecule has 1 atom stereocenters. The van der Waals surface area contributed by atoms with Gasteiger partial charge in [-0.2, -0.15) is 0 Å². The molecule has 6 heteroatoms. The van der Waals surface area contributed by atoms with Gasteiger partial charge in [-0.3, -0.25) is 9.69 Å². The van der Waals surface area contributed by atoms with Gasteiger partial charge in [-0.05, 0) is 29.7 Å². The van der Waals surface area contributed by atoms with E-state index in [0.717, 1.165) is 5.56 Å². The first-order valence-corrected chi connectivity index (χ1v) is 6.94. The summed E-state index contributed by atoms with van der Waals surface area (Å²) >= 11 is 0. The van der Waals surface area contributed by atoms with Crippen LogP contribution in [0.3, 0.4) is 0 Å². The fourth-order valence-corrected chi connectivity index (χ4v) is 2.52. The molecule has 0 aromatic heterocycles. The molecule has 0 fully saturated rings. The van der Waals surface area contributed by atoms with Gasteiger partial charge in [0, 0.05) is 6.20 Å². The van der Waals surface area contributed by atoms with Gasteiger partial charge >= 0.3 is 5.97 Å². The summed E-state index contributed by atoms with van der Waals surface area (Å²) in [6.07, 6.45) is 1.87. The summed E-state index contributed by atoms with van der Waals surface area (Å²) in [5.41, 5.74) is 7.17. The smallest absolute Gasteiger partial charge is 0.337 e. The third kappa shape index (κ3) is 2.13. The van der Waals surface area contributed by atoms with Crippen LogP contribution in [0.2, 0.25) is 0 Å². The lowest BCUT2D eigenvalue weighted by Gasteiger charge is -2.35. The number of hydrogen-bond acceptors (Lipinski definition) is 4. The maximum atomic E-state index is 12.6. The van der Waals surface area contributed by atoms with E-state index in [-0.39, 0.29) is 23.1 Å². The molecular formula is C16H16N2O4. The first-order chi connectivity index (χ1) is 10.4. The Morgan fingerprint density at radius 1 is 1.41 bits per heavy atom. The summed E-state index contributed by atoms with van der Waals surface area (Å²) in [5, 5.41) is 9.11. The number of ether oxygens (including phenoxy) is 1. The average molecular weight is 300 g/mol. The predicted octanol–water partition coefficient (Wildman–Crippen LogP) is 1.80. The molecule has 1 aromatic carbocycles. The Morgan fingerprint density at radius 3 is 2.77 bits per heavy atom. The van der Waals surface area contributed by atoms with Crippen LogP contribution in [0.4, 0.5) is 0 Å². The monoisotopic (exact) mass is 300 g/mol. The number of aliphatic carboxylic acids is 1. The highest BCUT2D eigenvalue weighted by Gasteiger charge is 2.36. The van der Waals surface area contributed by atoms with Crippen molar-refractivity contribution >= 4 is 11.9 Å². The first-order valence-electron chi connectivity index (χ1n) is 6.94. The fourth-order valence-electron chi connectivity index (χ4n) is 2.52. The quantitative estimate of drug-likeness (QED) is 0.868. The van der Waals surface area contributed by atoms with Gasteiger partial charge in [-0.15, -0.1) is 0 Å². The van der Waals surface area contributed by atoms with Crippen molar-refractivity contribution in [3.05, 3.63) is 52.9 Å². The molecular weight excluding hydrogens is 284 g/mol. The summed E-state index contributed by atoms with van der Waals surface area (Å²) in [7, 11) is 0. The zero-order chi connectivity index (χ0) is 16.0. The minimum absolute atomic E-state index is 0.0316. The SMILES string of the molecule is CC(C)c1ccc2c(c1)C(=O)N1C=C(N)C(C(=O)O)=CC1O2. The third-order valence-corrected chi connectivity index (χ3v) is 3.79. The summed E-state index contributed by atoms with van der Waals surface area (Å²) < 4.78 is 5.73. The number of carbonyl (C=O) groups excluding carboxylic acids is 1. The van der Waals surface area contributed by atoms with Gasteiger partial charge in [0.25, 0.3) is 5.91 Å². The highest BCUT2D eigenvalue weighted by Crippen LogP contribution is 2.33. The van der Waals surface area contributed by atoms with Crippen molar-refractivity contribution in [3.8, 4) is 5.75 Å². The van der Waals surface area contributed by atoms with Gasteiger partial charge < -0.3 is 15.6 Å². The van der Waals surface area contributed by atoms with Crippen molar-refractivity contribution in [2.45, 2.75) is 26.0 Å². The van der Waals surface area contributed by atoms with E-state index in [2.05, 4.69) is 0 Å². The normalized spacial score (nSPS) is 19.9. The average Bonchev–Trinajstić information content (AvgIpc) is 2.47. The second-order valence-corrected chi connectivity index (χ2v) is 5.60. The van der Waals surface area contributed by atoms with Gasteiger partial charge in [-0.1, -0.05) is 19.9 Å². The summed E-state index contributed by atoms with van der Waals surface area (Å²) in [5.74, 6) is -0.662. The van der Waals surface area contributed by atoms with E-state index in [1.165, 1.54) is 17.2 Å². The first kappa shape index (κ1) is 14.2. The second-order valence-electron chi connectivity index (χ2n) is 5.60. The number of fused-ring (bicyclic) bond motifs is 2. The van der Waals surface area contributed by atoms with E-state index in [9.17, 15) is 9.59 Å². The van der Waals surface area contributed by atoms with Crippen LogP contribution in [0.15, 0.2) is 41.7 Å². The maximum absolute atomic E-state index is 12.6. The minimum atomic E-state index is -1.15. The van der Waals surface area contributed by atoms with Crippen LogP contribution in [-0.2, 0) is 4.79 Å². The number of carbonyl (C=O) groups is 2. The van der Waals surface area contributed by atoms with Crippen molar-refractivity contribution in [2.75, 3.05) is 0 Å². The molecule has 2 aliphatic rings. The maximum Gasteiger partial charge on any atom is 0.337 e. The van der Waals surface area contributed by atoms with Crippen molar-refractivity contribution in [1.29, 1.82) is 0 Å². The minimum Gasteiger partial charge on any atom is -0.478 e. The van der Waals surface area contributed by atoms with Crippen molar-refractivity contribution in [1.82, 2.24) is 4.90 Å². The highest BCUT2D eigenvalue weighted by molar-refractivity contribution is 6.00. The molecule has 0 bridgehead atoms. The molecule has 0 aliphatic carbocycles. The zero-order valence-electron chi connectivity index (χ0n) is 12.2. The summed E-state index contributed by atoms with van der Waals surface area (Å²) in [6.45, 7) is 4.08. The number of amides is 1. The number of rotatable bonds is 2. The fraction of sp³-hybridized carbons (Fsp3) is 0.250. The standard InChI is InChI=1S/C16H16N2O4/c1-8(2)9-3-4-13-11(5-9)15(19)18-7-12(17)10(16(20)21)6-14(18)22-13/h3-8,14H,17H2,1-2H3,(H,20,21). The van der Waals surface area contributed by atoms with E-state index in [1.54, 1.807) is 12.1 Å². The molecule has 22 heavy (non-hydrogen) atoms. The molecule has 0 spiro atoms. The number of carboxylic acids is 1. The molecule has 2 heterocycles. The van der Waals surface area contributed by atoms with Crippen LogP contribution in [-0.4, -0.2) is 28.1 Å². The Morgan fingerprint density at radius 2 is 2.14 bits per heavy atom. The Labute approximate surface area is 127 Å². The number of benzene rings is 1. The number of nitrogens with zero attached hydrogens (tertiary/aromatic N) is 1. The number of carboxylic acid groups (broad SMARTS) is 1. The molecule has 3 N–H and O–H groups in total. The van der Waals surface area contributed by atoms with Gasteiger partial charge in [0.15, 0.2) is 6.23 Å². The van der Waals surface area contributed by atoms with Gasteiger partial charge in [-0.25, -0.2) is 4.79 Å². The topological polar surface area (TPSA) is 92.9 Å². The molecule has 2 aliphatic heterocycles. The Bertz CT molecular complexity index is 734. The molecule has 0 saturated heterocycles. The lowest BCUT2D eigenvalue weighted by atomic mass is 9.98. The lowest BCUT2D eigenvalue weighted by molar-refractivity contribution is -0.132. The predicted molar refractivity (Wildman–Crippen MR) is 79.1 cm³/mol. The molecule has 1 unspecified atom stereocenters. The Balaban J connectivity index is 2.05. The van der Waals surface area contributed by atoms with Crippen LogP contribution in [0.1, 0.15) is 35.7 Å². The van der Waals surface area contributed by atoms with Crippen LogP contribution >= 0.6 is 0 Å². The van der Waals surface area contributed by atoms with Gasteiger partial charge in [0.1, 0.15) is 5.75 Å².